The van der Waals surface area contributed by atoms with E-state index in [2.05, 4.69) is 55.9 Å². The first kappa shape index (κ1) is 10.6. The molecule has 0 saturated carbocycles. The van der Waals surface area contributed by atoms with Crippen LogP contribution >= 0.6 is 15.9 Å². The summed E-state index contributed by atoms with van der Waals surface area (Å²) in [7, 11) is 2.02. The maximum atomic E-state index is 4.14. The predicted octanol–water partition coefficient (Wildman–Crippen LogP) is 3.19. The number of hydrogen-bond donors (Lipinski definition) is 0. The standard InChI is InChI=1S/C13H12BrN3/c1-16-9-15-7-12(16)8-17-5-4-10-6-11(14)2-3-13(10)17/h2-7,9H,8H2,1H3. The summed E-state index contributed by atoms with van der Waals surface area (Å²) in [6, 6.07) is 8.48. The normalized spacial score (nSPS) is 11.2. The van der Waals surface area contributed by atoms with Crippen LogP contribution in [-0.2, 0) is 13.6 Å². The highest BCUT2D eigenvalue weighted by atomic mass is 79.9. The third-order valence-electron chi connectivity index (χ3n) is 2.98. The van der Waals surface area contributed by atoms with E-state index in [0.29, 0.717) is 0 Å². The van der Waals surface area contributed by atoms with Crippen molar-refractivity contribution in [1.82, 2.24) is 14.1 Å². The summed E-state index contributed by atoms with van der Waals surface area (Å²) >= 11 is 3.49. The van der Waals surface area contributed by atoms with Crippen molar-refractivity contribution < 1.29 is 0 Å². The van der Waals surface area contributed by atoms with Crippen molar-refractivity contribution in [2.45, 2.75) is 6.54 Å². The van der Waals surface area contributed by atoms with Crippen molar-refractivity contribution >= 4 is 26.8 Å². The zero-order chi connectivity index (χ0) is 11.8. The third-order valence-corrected chi connectivity index (χ3v) is 3.48. The van der Waals surface area contributed by atoms with Crippen molar-refractivity contribution in [1.29, 1.82) is 0 Å². The van der Waals surface area contributed by atoms with Crippen LogP contribution < -0.4 is 0 Å². The Morgan fingerprint density at radius 1 is 1.29 bits per heavy atom. The van der Waals surface area contributed by atoms with Gasteiger partial charge >= 0.3 is 0 Å². The Bertz CT molecular complexity index is 666. The molecule has 4 heteroatoms. The van der Waals surface area contributed by atoms with Crippen LogP contribution in [0.4, 0.5) is 0 Å². The number of aryl methyl sites for hydroxylation is 1. The topological polar surface area (TPSA) is 22.8 Å². The van der Waals surface area contributed by atoms with E-state index in [-0.39, 0.29) is 0 Å². The van der Waals surface area contributed by atoms with Gasteiger partial charge in [-0.15, -0.1) is 0 Å². The SMILES string of the molecule is Cn1cncc1Cn1ccc2cc(Br)ccc21. The second-order valence-electron chi connectivity index (χ2n) is 4.14. The van der Waals surface area contributed by atoms with Crippen LogP contribution in [-0.4, -0.2) is 14.1 Å². The molecular weight excluding hydrogens is 278 g/mol. The maximum Gasteiger partial charge on any atom is 0.0946 e. The minimum atomic E-state index is 0.849. The van der Waals surface area contributed by atoms with Gasteiger partial charge in [-0.25, -0.2) is 4.98 Å². The number of halogens is 1. The molecule has 0 amide bonds. The monoisotopic (exact) mass is 289 g/mol. The van der Waals surface area contributed by atoms with Crippen molar-refractivity contribution in [3.05, 3.63) is 53.2 Å². The summed E-state index contributed by atoms with van der Waals surface area (Å²) in [4.78, 5) is 4.14. The molecule has 0 fully saturated rings. The van der Waals surface area contributed by atoms with E-state index in [4.69, 9.17) is 0 Å². The van der Waals surface area contributed by atoms with Crippen LogP contribution in [0.5, 0.6) is 0 Å². The summed E-state index contributed by atoms with van der Waals surface area (Å²) in [5.74, 6) is 0. The van der Waals surface area contributed by atoms with Gasteiger partial charge in [0.15, 0.2) is 0 Å². The molecule has 86 valence electrons. The van der Waals surface area contributed by atoms with Crippen LogP contribution in [0.1, 0.15) is 5.69 Å². The highest BCUT2D eigenvalue weighted by molar-refractivity contribution is 9.10. The van der Waals surface area contributed by atoms with Gasteiger partial charge in [0.05, 0.1) is 18.6 Å². The van der Waals surface area contributed by atoms with Gasteiger partial charge in [0, 0.05) is 34.8 Å². The fraction of sp³-hybridized carbons (Fsp3) is 0.154. The highest BCUT2D eigenvalue weighted by Crippen LogP contribution is 2.21. The summed E-state index contributed by atoms with van der Waals surface area (Å²) < 4.78 is 5.40. The number of imidazole rings is 1. The lowest BCUT2D eigenvalue weighted by molar-refractivity contribution is 0.743. The lowest BCUT2D eigenvalue weighted by atomic mass is 10.2. The molecule has 0 spiro atoms. The Labute approximate surface area is 108 Å². The number of nitrogens with zero attached hydrogens (tertiary/aromatic N) is 3. The molecule has 2 heterocycles. The van der Waals surface area contributed by atoms with Crippen molar-refractivity contribution in [3.8, 4) is 0 Å². The molecule has 0 aliphatic carbocycles. The van der Waals surface area contributed by atoms with Crippen LogP contribution in [0, 0.1) is 0 Å². The largest absolute Gasteiger partial charge is 0.341 e. The predicted molar refractivity (Wildman–Crippen MR) is 71.9 cm³/mol. The molecule has 0 unspecified atom stereocenters. The summed E-state index contributed by atoms with van der Waals surface area (Å²) in [6.45, 7) is 0.849. The minimum absolute atomic E-state index is 0.849. The average Bonchev–Trinajstić information content (AvgIpc) is 2.87. The first-order chi connectivity index (χ1) is 8.24. The molecule has 3 rings (SSSR count). The third kappa shape index (κ3) is 1.89. The van der Waals surface area contributed by atoms with Gasteiger partial charge in [-0.1, -0.05) is 15.9 Å². The molecule has 2 aromatic heterocycles. The summed E-state index contributed by atoms with van der Waals surface area (Å²) in [5, 5.41) is 1.25. The lowest BCUT2D eigenvalue weighted by Gasteiger charge is -2.06. The van der Waals surface area contributed by atoms with Crippen molar-refractivity contribution in [2.75, 3.05) is 0 Å². The smallest absolute Gasteiger partial charge is 0.0946 e. The van der Waals surface area contributed by atoms with Crippen LogP contribution in [0.3, 0.4) is 0 Å². The van der Waals surface area contributed by atoms with Gasteiger partial charge in [0.25, 0.3) is 0 Å². The van der Waals surface area contributed by atoms with E-state index in [1.54, 1.807) is 0 Å². The molecule has 0 atom stereocenters. The molecule has 0 saturated heterocycles. The first-order valence-electron chi connectivity index (χ1n) is 5.43. The quantitative estimate of drug-likeness (QED) is 0.710. The molecule has 3 aromatic rings. The second kappa shape index (κ2) is 4.04. The van der Waals surface area contributed by atoms with Gasteiger partial charge in [-0.05, 0) is 24.3 Å². The molecule has 0 bridgehead atoms. The molecule has 17 heavy (non-hydrogen) atoms. The Hall–Kier alpha value is -1.55. The van der Waals surface area contributed by atoms with Crippen LogP contribution in [0.15, 0.2) is 47.5 Å². The highest BCUT2D eigenvalue weighted by Gasteiger charge is 2.04. The number of aromatic nitrogens is 3. The van der Waals surface area contributed by atoms with Crippen molar-refractivity contribution in [3.63, 3.8) is 0 Å². The first-order valence-corrected chi connectivity index (χ1v) is 6.23. The van der Waals surface area contributed by atoms with Gasteiger partial charge in [-0.2, -0.15) is 0 Å². The van der Waals surface area contributed by atoms with Gasteiger partial charge in [0.2, 0.25) is 0 Å². The fourth-order valence-electron chi connectivity index (χ4n) is 2.02. The summed E-state index contributed by atoms with van der Waals surface area (Å²) in [5.41, 5.74) is 2.44. The molecule has 0 aliphatic rings. The Morgan fingerprint density at radius 2 is 2.18 bits per heavy atom. The fourth-order valence-corrected chi connectivity index (χ4v) is 2.40. The van der Waals surface area contributed by atoms with E-state index < -0.39 is 0 Å². The maximum absolute atomic E-state index is 4.14. The minimum Gasteiger partial charge on any atom is -0.341 e. The number of hydrogen-bond acceptors (Lipinski definition) is 1. The molecule has 3 nitrogen and oxygen atoms in total. The zero-order valence-electron chi connectivity index (χ0n) is 9.47. The van der Waals surface area contributed by atoms with E-state index in [0.717, 1.165) is 11.0 Å². The number of rotatable bonds is 2. The second-order valence-corrected chi connectivity index (χ2v) is 5.06. The lowest BCUT2D eigenvalue weighted by Crippen LogP contribution is -2.02. The van der Waals surface area contributed by atoms with E-state index in [1.165, 1.54) is 16.6 Å². The molecular formula is C13H12BrN3. The van der Waals surface area contributed by atoms with E-state index >= 15 is 0 Å². The van der Waals surface area contributed by atoms with Gasteiger partial charge in [-0.3, -0.25) is 0 Å². The Balaban J connectivity index is 2.04. The zero-order valence-corrected chi connectivity index (χ0v) is 11.1. The Morgan fingerprint density at radius 3 is 2.94 bits per heavy atom. The number of fused-ring (bicyclic) bond motifs is 1. The molecule has 0 N–H and O–H groups in total. The van der Waals surface area contributed by atoms with Crippen molar-refractivity contribution in [2.24, 2.45) is 7.05 Å². The number of benzene rings is 1. The molecule has 1 aromatic carbocycles. The Kier molecular flexibility index (Phi) is 2.52. The average molecular weight is 290 g/mol. The van der Waals surface area contributed by atoms with Crippen LogP contribution in [0.25, 0.3) is 10.9 Å². The van der Waals surface area contributed by atoms with E-state index in [9.17, 15) is 0 Å². The van der Waals surface area contributed by atoms with Gasteiger partial charge in [0.1, 0.15) is 0 Å². The van der Waals surface area contributed by atoms with Gasteiger partial charge < -0.3 is 9.13 Å². The van der Waals surface area contributed by atoms with Crippen LogP contribution in [0.2, 0.25) is 0 Å². The molecule has 0 radical (unpaired) electrons. The summed E-state index contributed by atoms with van der Waals surface area (Å²) in [6.07, 6.45) is 5.85. The molecule has 0 aliphatic heterocycles. The van der Waals surface area contributed by atoms with E-state index in [1.807, 2.05) is 24.1 Å².